The molecular formula is C13H18Cl2N2O3. The molecule has 2 atom stereocenters. The number of benzene rings is 1. The second-order valence-corrected chi connectivity index (χ2v) is 5.30. The highest BCUT2D eigenvalue weighted by molar-refractivity contribution is 6.34. The molecule has 1 aromatic carbocycles. The van der Waals surface area contributed by atoms with Crippen LogP contribution >= 0.6 is 23.2 Å². The number of hydrogen-bond donors (Lipinski definition) is 3. The number of halogens is 2. The zero-order chi connectivity index (χ0) is 15.1. The fraction of sp³-hybridized carbons (Fsp3) is 0.462. The van der Waals surface area contributed by atoms with Crippen molar-refractivity contribution in [2.75, 3.05) is 20.3 Å². The lowest BCUT2D eigenvalue weighted by molar-refractivity contribution is 0.162. The summed E-state index contributed by atoms with van der Waals surface area (Å²) in [6.07, 6.45) is -0.880. The third-order valence-electron chi connectivity index (χ3n) is 2.52. The van der Waals surface area contributed by atoms with E-state index >= 15 is 0 Å². The molecule has 5 nitrogen and oxygen atoms in total. The van der Waals surface area contributed by atoms with E-state index in [1.54, 1.807) is 25.3 Å². The lowest BCUT2D eigenvalue weighted by atomic mass is 10.1. The number of aliphatic hydroxyl groups excluding tert-OH is 1. The maximum Gasteiger partial charge on any atom is 0.315 e. The van der Waals surface area contributed by atoms with E-state index in [-0.39, 0.29) is 18.6 Å². The predicted molar refractivity (Wildman–Crippen MR) is 79.3 cm³/mol. The van der Waals surface area contributed by atoms with Crippen molar-refractivity contribution in [1.82, 2.24) is 10.6 Å². The van der Waals surface area contributed by atoms with Crippen molar-refractivity contribution in [1.29, 1.82) is 0 Å². The number of ether oxygens (including phenoxy) is 1. The van der Waals surface area contributed by atoms with Gasteiger partial charge < -0.3 is 20.5 Å². The second-order valence-electron chi connectivity index (χ2n) is 4.43. The van der Waals surface area contributed by atoms with Gasteiger partial charge in [0.1, 0.15) is 0 Å². The molecule has 0 saturated heterocycles. The van der Waals surface area contributed by atoms with Gasteiger partial charge in [-0.05, 0) is 30.7 Å². The lowest BCUT2D eigenvalue weighted by Gasteiger charge is -2.16. The standard InChI is InChI=1S/C13H18Cl2N2O3/c1-8(7-20-2)17-13(19)16-6-12(18)9-3-10(14)5-11(15)4-9/h3-5,8,12,18H,6-7H2,1-2H3,(H2,16,17,19). The monoisotopic (exact) mass is 320 g/mol. The van der Waals surface area contributed by atoms with Crippen molar-refractivity contribution in [2.45, 2.75) is 19.1 Å². The molecule has 2 amide bonds. The Kier molecular flexibility index (Phi) is 7.09. The Labute approximate surface area is 128 Å². The third kappa shape index (κ3) is 5.96. The van der Waals surface area contributed by atoms with E-state index in [0.29, 0.717) is 22.2 Å². The van der Waals surface area contributed by atoms with Crippen LogP contribution in [0.25, 0.3) is 0 Å². The van der Waals surface area contributed by atoms with Gasteiger partial charge in [0, 0.05) is 23.7 Å². The fourth-order valence-electron chi connectivity index (χ4n) is 1.64. The van der Waals surface area contributed by atoms with Gasteiger partial charge in [-0.15, -0.1) is 0 Å². The highest BCUT2D eigenvalue weighted by Gasteiger charge is 2.12. The van der Waals surface area contributed by atoms with E-state index in [1.165, 1.54) is 0 Å². The van der Waals surface area contributed by atoms with Gasteiger partial charge in [0.25, 0.3) is 0 Å². The number of aliphatic hydroxyl groups is 1. The quantitative estimate of drug-likeness (QED) is 0.753. The van der Waals surface area contributed by atoms with Gasteiger partial charge in [0.05, 0.1) is 18.8 Å². The summed E-state index contributed by atoms with van der Waals surface area (Å²) >= 11 is 11.7. The highest BCUT2D eigenvalue weighted by atomic mass is 35.5. The molecule has 2 unspecified atom stereocenters. The van der Waals surface area contributed by atoms with Crippen molar-refractivity contribution < 1.29 is 14.6 Å². The van der Waals surface area contributed by atoms with Crippen molar-refractivity contribution in [2.24, 2.45) is 0 Å². The predicted octanol–water partition coefficient (Wildman–Crippen LogP) is 2.36. The molecule has 0 heterocycles. The molecular weight excluding hydrogens is 303 g/mol. The van der Waals surface area contributed by atoms with Crippen molar-refractivity contribution in [3.8, 4) is 0 Å². The Morgan fingerprint density at radius 3 is 2.50 bits per heavy atom. The van der Waals surface area contributed by atoms with Crippen LogP contribution in [0.1, 0.15) is 18.6 Å². The maximum atomic E-state index is 11.6. The first kappa shape index (κ1) is 17.0. The minimum Gasteiger partial charge on any atom is -0.387 e. The first-order valence-electron chi connectivity index (χ1n) is 6.09. The van der Waals surface area contributed by atoms with Gasteiger partial charge in [-0.1, -0.05) is 23.2 Å². The summed E-state index contributed by atoms with van der Waals surface area (Å²) in [4.78, 5) is 11.6. The molecule has 20 heavy (non-hydrogen) atoms. The van der Waals surface area contributed by atoms with Crippen LogP contribution in [0.4, 0.5) is 4.79 Å². The van der Waals surface area contributed by atoms with Gasteiger partial charge >= 0.3 is 6.03 Å². The molecule has 0 saturated carbocycles. The number of carbonyl (C=O) groups is 1. The number of carbonyl (C=O) groups excluding carboxylic acids is 1. The summed E-state index contributed by atoms with van der Waals surface area (Å²) in [5, 5.41) is 16.1. The molecule has 0 aromatic heterocycles. The number of rotatable bonds is 6. The summed E-state index contributed by atoms with van der Waals surface area (Å²) in [5.74, 6) is 0. The molecule has 0 fully saturated rings. The van der Waals surface area contributed by atoms with E-state index in [2.05, 4.69) is 10.6 Å². The minimum atomic E-state index is -0.880. The number of amides is 2. The zero-order valence-electron chi connectivity index (χ0n) is 11.3. The second kappa shape index (κ2) is 8.32. The summed E-state index contributed by atoms with van der Waals surface area (Å²) in [6, 6.07) is 4.29. The number of nitrogens with one attached hydrogen (secondary N) is 2. The fourth-order valence-corrected chi connectivity index (χ4v) is 2.18. The molecule has 1 rings (SSSR count). The minimum absolute atomic E-state index is 0.0577. The Hall–Kier alpha value is -1.01. The molecule has 0 spiro atoms. The largest absolute Gasteiger partial charge is 0.387 e. The van der Waals surface area contributed by atoms with Crippen molar-refractivity contribution in [3.63, 3.8) is 0 Å². The first-order chi connectivity index (χ1) is 9.42. The Bertz CT molecular complexity index is 437. The molecule has 3 N–H and O–H groups in total. The third-order valence-corrected chi connectivity index (χ3v) is 2.96. The lowest BCUT2D eigenvalue weighted by Crippen LogP contribution is -2.43. The number of methoxy groups -OCH3 is 1. The number of hydrogen-bond acceptors (Lipinski definition) is 3. The van der Waals surface area contributed by atoms with Crippen LogP contribution in [-0.2, 0) is 4.74 Å². The van der Waals surface area contributed by atoms with E-state index in [1.807, 2.05) is 6.92 Å². The summed E-state index contributed by atoms with van der Waals surface area (Å²) < 4.78 is 4.90. The average molecular weight is 321 g/mol. The van der Waals surface area contributed by atoms with Crippen LogP contribution in [0.2, 0.25) is 10.0 Å². The SMILES string of the molecule is COCC(C)NC(=O)NCC(O)c1cc(Cl)cc(Cl)c1. The Balaban J connectivity index is 2.46. The van der Waals surface area contributed by atoms with Crippen LogP contribution in [0.3, 0.4) is 0 Å². The molecule has 0 radical (unpaired) electrons. The van der Waals surface area contributed by atoms with Crippen LogP contribution in [0, 0.1) is 0 Å². The van der Waals surface area contributed by atoms with Crippen LogP contribution in [0.5, 0.6) is 0 Å². The van der Waals surface area contributed by atoms with Crippen LogP contribution in [-0.4, -0.2) is 37.4 Å². The molecule has 0 aliphatic heterocycles. The van der Waals surface area contributed by atoms with Crippen molar-refractivity contribution in [3.05, 3.63) is 33.8 Å². The molecule has 7 heteroatoms. The van der Waals surface area contributed by atoms with Gasteiger partial charge in [-0.3, -0.25) is 0 Å². The molecule has 0 aliphatic carbocycles. The Morgan fingerprint density at radius 2 is 1.95 bits per heavy atom. The summed E-state index contributed by atoms with van der Waals surface area (Å²) in [6.45, 7) is 2.29. The van der Waals surface area contributed by atoms with E-state index in [4.69, 9.17) is 27.9 Å². The van der Waals surface area contributed by atoms with E-state index < -0.39 is 6.10 Å². The number of urea groups is 1. The average Bonchev–Trinajstić information content (AvgIpc) is 2.35. The van der Waals surface area contributed by atoms with Gasteiger partial charge in [-0.2, -0.15) is 0 Å². The molecule has 1 aromatic rings. The van der Waals surface area contributed by atoms with Crippen LogP contribution in [0.15, 0.2) is 18.2 Å². The molecule has 0 aliphatic rings. The van der Waals surface area contributed by atoms with Gasteiger partial charge in [-0.25, -0.2) is 4.79 Å². The van der Waals surface area contributed by atoms with Crippen molar-refractivity contribution >= 4 is 29.2 Å². The maximum absolute atomic E-state index is 11.6. The topological polar surface area (TPSA) is 70.6 Å². The molecule has 112 valence electrons. The van der Waals surface area contributed by atoms with E-state index in [0.717, 1.165) is 0 Å². The summed E-state index contributed by atoms with van der Waals surface area (Å²) in [7, 11) is 1.56. The van der Waals surface area contributed by atoms with E-state index in [9.17, 15) is 9.90 Å². The zero-order valence-corrected chi connectivity index (χ0v) is 12.8. The highest BCUT2D eigenvalue weighted by Crippen LogP contribution is 2.23. The van der Waals surface area contributed by atoms with Gasteiger partial charge in [0.15, 0.2) is 0 Å². The van der Waals surface area contributed by atoms with Gasteiger partial charge in [0.2, 0.25) is 0 Å². The first-order valence-corrected chi connectivity index (χ1v) is 6.85. The molecule has 0 bridgehead atoms. The summed E-state index contributed by atoms with van der Waals surface area (Å²) in [5.41, 5.74) is 0.549. The smallest absolute Gasteiger partial charge is 0.315 e. The normalized spacial score (nSPS) is 13.7. The van der Waals surface area contributed by atoms with Crippen LogP contribution < -0.4 is 10.6 Å². The Morgan fingerprint density at radius 1 is 1.35 bits per heavy atom.